The van der Waals surface area contributed by atoms with E-state index >= 15 is 0 Å². The van der Waals surface area contributed by atoms with Crippen molar-refractivity contribution in [3.05, 3.63) is 56.4 Å². The summed E-state index contributed by atoms with van der Waals surface area (Å²) < 4.78 is 6.65. The molecule has 0 radical (unpaired) electrons. The van der Waals surface area contributed by atoms with E-state index in [0.29, 0.717) is 5.56 Å². The van der Waals surface area contributed by atoms with E-state index in [2.05, 4.69) is 31.7 Å². The Bertz CT molecular complexity index is 891. The highest BCUT2D eigenvalue weighted by Gasteiger charge is 2.25. The smallest absolute Gasteiger partial charge is 0.345 e. The Balaban J connectivity index is 1.94. The standard InChI is InChI=1S/C17H17BrN4O4/c1-2-26-16(25)13-9-19-17(20-12-7-8-12)22(15(13)24)21-14(23)10-3-5-11(18)6-4-10/h3-6,9,12H,2,7-8H2,1H3,(H,19,20)(H,21,23). The van der Waals surface area contributed by atoms with Gasteiger partial charge in [0.25, 0.3) is 11.5 Å². The number of esters is 1. The largest absolute Gasteiger partial charge is 0.462 e. The Labute approximate surface area is 157 Å². The minimum atomic E-state index is -0.783. The molecule has 1 amide bonds. The van der Waals surface area contributed by atoms with Gasteiger partial charge in [-0.2, -0.15) is 4.68 Å². The third-order valence-electron chi connectivity index (χ3n) is 3.69. The zero-order valence-electron chi connectivity index (χ0n) is 14.0. The summed E-state index contributed by atoms with van der Waals surface area (Å²) in [6, 6.07) is 6.86. The molecule has 1 aromatic carbocycles. The minimum absolute atomic E-state index is 0.131. The number of carbonyl (C=O) groups is 2. The molecule has 0 spiro atoms. The zero-order chi connectivity index (χ0) is 18.7. The number of nitrogens with one attached hydrogen (secondary N) is 2. The van der Waals surface area contributed by atoms with E-state index in [9.17, 15) is 14.4 Å². The minimum Gasteiger partial charge on any atom is -0.462 e. The van der Waals surface area contributed by atoms with Gasteiger partial charge in [-0.25, -0.2) is 9.78 Å². The predicted octanol–water partition coefficient (Wildman–Crippen LogP) is 2.14. The SMILES string of the molecule is CCOC(=O)c1cnc(NC2CC2)n(NC(=O)c2ccc(Br)cc2)c1=O. The first-order valence-corrected chi connectivity index (χ1v) is 8.91. The Kier molecular flexibility index (Phi) is 5.36. The van der Waals surface area contributed by atoms with Crippen molar-refractivity contribution in [2.45, 2.75) is 25.8 Å². The van der Waals surface area contributed by atoms with Gasteiger partial charge in [0, 0.05) is 16.1 Å². The molecule has 1 aliphatic rings. The highest BCUT2D eigenvalue weighted by molar-refractivity contribution is 9.10. The van der Waals surface area contributed by atoms with E-state index in [1.54, 1.807) is 31.2 Å². The number of hydrogen-bond donors (Lipinski definition) is 2. The van der Waals surface area contributed by atoms with Gasteiger partial charge in [-0.15, -0.1) is 0 Å². The van der Waals surface area contributed by atoms with Crippen LogP contribution in [0.15, 0.2) is 39.7 Å². The molecule has 1 heterocycles. The molecule has 0 aliphatic heterocycles. The molecule has 1 fully saturated rings. The van der Waals surface area contributed by atoms with E-state index in [1.807, 2.05) is 0 Å². The van der Waals surface area contributed by atoms with E-state index < -0.39 is 17.4 Å². The van der Waals surface area contributed by atoms with Crippen molar-refractivity contribution >= 4 is 33.8 Å². The topological polar surface area (TPSA) is 102 Å². The van der Waals surface area contributed by atoms with E-state index in [0.717, 1.165) is 28.2 Å². The summed E-state index contributed by atoms with van der Waals surface area (Å²) in [7, 11) is 0. The van der Waals surface area contributed by atoms with Crippen LogP contribution >= 0.6 is 15.9 Å². The maximum atomic E-state index is 12.7. The highest BCUT2D eigenvalue weighted by atomic mass is 79.9. The maximum Gasteiger partial charge on any atom is 0.345 e. The third kappa shape index (κ3) is 4.10. The molecule has 1 saturated carbocycles. The summed E-state index contributed by atoms with van der Waals surface area (Å²) in [4.78, 5) is 41.2. The molecule has 1 aliphatic carbocycles. The van der Waals surface area contributed by atoms with Crippen LogP contribution in [-0.4, -0.2) is 34.2 Å². The fourth-order valence-corrected chi connectivity index (χ4v) is 2.45. The number of carbonyl (C=O) groups excluding carboxylic acids is 2. The molecule has 2 aromatic rings. The van der Waals surface area contributed by atoms with Gasteiger partial charge in [0.2, 0.25) is 5.95 Å². The van der Waals surface area contributed by atoms with Crippen LogP contribution in [0.25, 0.3) is 0 Å². The first-order chi connectivity index (χ1) is 12.5. The third-order valence-corrected chi connectivity index (χ3v) is 4.22. The zero-order valence-corrected chi connectivity index (χ0v) is 15.6. The van der Waals surface area contributed by atoms with Crippen molar-refractivity contribution in [2.75, 3.05) is 17.3 Å². The van der Waals surface area contributed by atoms with Crippen LogP contribution in [0, 0.1) is 0 Å². The first kappa shape index (κ1) is 18.1. The summed E-state index contributed by atoms with van der Waals surface area (Å²) in [5.74, 6) is -1.10. The van der Waals surface area contributed by atoms with Gasteiger partial charge < -0.3 is 10.1 Å². The lowest BCUT2D eigenvalue weighted by Gasteiger charge is -2.15. The number of anilines is 1. The van der Waals surface area contributed by atoms with Crippen LogP contribution in [0.1, 0.15) is 40.5 Å². The van der Waals surface area contributed by atoms with Crippen LogP contribution in [0.3, 0.4) is 0 Å². The normalized spacial score (nSPS) is 13.2. The summed E-state index contributed by atoms with van der Waals surface area (Å²) >= 11 is 3.30. The van der Waals surface area contributed by atoms with Gasteiger partial charge in [0.05, 0.1) is 12.8 Å². The number of benzene rings is 1. The van der Waals surface area contributed by atoms with Crippen molar-refractivity contribution in [2.24, 2.45) is 0 Å². The Morgan fingerprint density at radius 3 is 2.62 bits per heavy atom. The molecule has 0 saturated heterocycles. The molecule has 136 valence electrons. The van der Waals surface area contributed by atoms with Gasteiger partial charge in [-0.1, -0.05) is 15.9 Å². The molecule has 3 rings (SSSR count). The number of amides is 1. The molecule has 0 atom stereocenters. The number of rotatable bonds is 6. The van der Waals surface area contributed by atoms with Gasteiger partial charge in [-0.3, -0.25) is 15.0 Å². The summed E-state index contributed by atoms with van der Waals surface area (Å²) in [6.45, 7) is 1.77. The lowest BCUT2D eigenvalue weighted by atomic mass is 10.2. The highest BCUT2D eigenvalue weighted by Crippen LogP contribution is 2.23. The van der Waals surface area contributed by atoms with Gasteiger partial charge in [0.15, 0.2) is 0 Å². The molecule has 9 heteroatoms. The lowest BCUT2D eigenvalue weighted by molar-refractivity contribution is 0.0522. The summed E-state index contributed by atoms with van der Waals surface area (Å²) in [6.07, 6.45) is 3.07. The molecule has 2 N–H and O–H groups in total. The predicted molar refractivity (Wildman–Crippen MR) is 98.9 cm³/mol. The van der Waals surface area contributed by atoms with Crippen molar-refractivity contribution < 1.29 is 14.3 Å². The monoisotopic (exact) mass is 420 g/mol. The van der Waals surface area contributed by atoms with Crippen LogP contribution in [0.2, 0.25) is 0 Å². The van der Waals surface area contributed by atoms with Gasteiger partial charge in [-0.05, 0) is 44.0 Å². The number of aromatic nitrogens is 2. The summed E-state index contributed by atoms with van der Waals surface area (Å²) in [5.41, 5.74) is 1.91. The first-order valence-electron chi connectivity index (χ1n) is 8.12. The maximum absolute atomic E-state index is 12.7. The quantitative estimate of drug-likeness (QED) is 0.693. The van der Waals surface area contributed by atoms with E-state index in [4.69, 9.17) is 4.74 Å². The van der Waals surface area contributed by atoms with Crippen LogP contribution in [0.5, 0.6) is 0 Å². The lowest BCUT2D eigenvalue weighted by Crippen LogP contribution is -2.38. The molecule has 8 nitrogen and oxygen atoms in total. The second-order valence-electron chi connectivity index (χ2n) is 5.72. The van der Waals surface area contributed by atoms with E-state index in [1.165, 1.54) is 0 Å². The number of ether oxygens (including phenoxy) is 1. The molecule has 0 unspecified atom stereocenters. The average Bonchev–Trinajstić information content (AvgIpc) is 3.43. The van der Waals surface area contributed by atoms with E-state index in [-0.39, 0.29) is 24.2 Å². The number of hydrogen-bond acceptors (Lipinski definition) is 6. The molecule has 1 aromatic heterocycles. The van der Waals surface area contributed by atoms with Gasteiger partial charge in [0.1, 0.15) is 5.56 Å². The Morgan fingerprint density at radius 2 is 2.00 bits per heavy atom. The fourth-order valence-electron chi connectivity index (χ4n) is 2.19. The second-order valence-corrected chi connectivity index (χ2v) is 6.64. The second kappa shape index (κ2) is 7.69. The van der Waals surface area contributed by atoms with Crippen molar-refractivity contribution in [1.29, 1.82) is 0 Å². The van der Waals surface area contributed by atoms with Crippen molar-refractivity contribution in [3.8, 4) is 0 Å². The average molecular weight is 421 g/mol. The molecular formula is C17H17BrN4O4. The van der Waals surface area contributed by atoms with Crippen molar-refractivity contribution in [3.63, 3.8) is 0 Å². The van der Waals surface area contributed by atoms with Crippen LogP contribution < -0.4 is 16.3 Å². The molecular weight excluding hydrogens is 404 g/mol. The molecule has 0 bridgehead atoms. The molecule has 26 heavy (non-hydrogen) atoms. The van der Waals surface area contributed by atoms with Crippen LogP contribution in [-0.2, 0) is 4.74 Å². The van der Waals surface area contributed by atoms with Crippen LogP contribution in [0.4, 0.5) is 5.95 Å². The summed E-state index contributed by atoms with van der Waals surface area (Å²) in [5, 5.41) is 3.07. The number of halogens is 1. The fraction of sp³-hybridized carbons (Fsp3) is 0.294. The Hall–Kier alpha value is -2.68. The van der Waals surface area contributed by atoms with Crippen molar-refractivity contribution in [1.82, 2.24) is 9.66 Å². The Morgan fingerprint density at radius 1 is 1.31 bits per heavy atom. The number of nitrogens with zero attached hydrogens (tertiary/aromatic N) is 2. The van der Waals surface area contributed by atoms with Gasteiger partial charge >= 0.3 is 5.97 Å².